The zero-order valence-electron chi connectivity index (χ0n) is 13.1. The van der Waals surface area contributed by atoms with Crippen LogP contribution in [0.15, 0.2) is 16.9 Å². The molecule has 7 nitrogen and oxygen atoms in total. The number of ether oxygens (including phenoxy) is 1. The molecule has 3 heterocycles. The van der Waals surface area contributed by atoms with Crippen molar-refractivity contribution >= 4 is 5.91 Å². The zero-order valence-corrected chi connectivity index (χ0v) is 13.1. The second-order valence-corrected chi connectivity index (χ2v) is 6.32. The van der Waals surface area contributed by atoms with Gasteiger partial charge in [-0.25, -0.2) is 0 Å². The SMILES string of the molecule is Cc1oncc1C(=O)NCC1OCCc2cn(CC3CC3)nc21. The van der Waals surface area contributed by atoms with E-state index in [1.807, 2.05) is 4.68 Å². The van der Waals surface area contributed by atoms with E-state index in [0.717, 1.165) is 24.6 Å². The van der Waals surface area contributed by atoms with E-state index in [2.05, 4.69) is 21.8 Å². The lowest BCUT2D eigenvalue weighted by molar-refractivity contribution is 0.0383. The Kier molecular flexibility index (Phi) is 3.65. The third kappa shape index (κ3) is 3.01. The Bertz CT molecular complexity index is 717. The second-order valence-electron chi connectivity index (χ2n) is 6.32. The first-order valence-corrected chi connectivity index (χ1v) is 8.08. The normalized spacial score (nSPS) is 20.3. The Labute approximate surface area is 134 Å². The average Bonchev–Trinajstić information content (AvgIpc) is 3.08. The van der Waals surface area contributed by atoms with Gasteiger partial charge in [0.2, 0.25) is 0 Å². The number of fused-ring (bicyclic) bond motifs is 1. The van der Waals surface area contributed by atoms with E-state index in [1.165, 1.54) is 24.6 Å². The monoisotopic (exact) mass is 316 g/mol. The Morgan fingerprint density at radius 3 is 3.09 bits per heavy atom. The highest BCUT2D eigenvalue weighted by Crippen LogP contribution is 2.32. The number of nitrogens with zero attached hydrogens (tertiary/aromatic N) is 3. The van der Waals surface area contributed by atoms with Gasteiger partial charge in [0.1, 0.15) is 17.4 Å². The number of hydrogen-bond acceptors (Lipinski definition) is 5. The molecule has 1 aliphatic carbocycles. The molecule has 0 bridgehead atoms. The summed E-state index contributed by atoms with van der Waals surface area (Å²) in [5.41, 5.74) is 2.65. The fourth-order valence-electron chi connectivity index (χ4n) is 2.94. The molecule has 1 amide bonds. The molecule has 2 aromatic heterocycles. The molecule has 1 saturated carbocycles. The molecule has 4 rings (SSSR count). The highest BCUT2D eigenvalue weighted by molar-refractivity contribution is 5.94. The molecule has 0 radical (unpaired) electrons. The highest BCUT2D eigenvalue weighted by atomic mass is 16.5. The molecule has 7 heteroatoms. The van der Waals surface area contributed by atoms with E-state index >= 15 is 0 Å². The van der Waals surface area contributed by atoms with Gasteiger partial charge in [0.15, 0.2) is 0 Å². The van der Waals surface area contributed by atoms with E-state index in [-0.39, 0.29) is 12.0 Å². The van der Waals surface area contributed by atoms with Gasteiger partial charge in [0.05, 0.1) is 18.5 Å². The van der Waals surface area contributed by atoms with Crippen molar-refractivity contribution in [1.82, 2.24) is 20.3 Å². The molecule has 0 saturated heterocycles. The average molecular weight is 316 g/mol. The minimum absolute atomic E-state index is 0.191. The number of carbonyl (C=O) groups excluding carboxylic acids is 1. The molecule has 23 heavy (non-hydrogen) atoms. The lowest BCUT2D eigenvalue weighted by atomic mass is 10.1. The number of hydrogen-bond donors (Lipinski definition) is 1. The summed E-state index contributed by atoms with van der Waals surface area (Å²) in [5.74, 6) is 1.10. The maximum atomic E-state index is 12.1. The van der Waals surface area contributed by atoms with Crippen LogP contribution >= 0.6 is 0 Å². The molecule has 1 aliphatic heterocycles. The molecular formula is C16H20N4O3. The summed E-state index contributed by atoms with van der Waals surface area (Å²) >= 11 is 0. The van der Waals surface area contributed by atoms with Crippen molar-refractivity contribution in [2.45, 2.75) is 38.8 Å². The van der Waals surface area contributed by atoms with Crippen molar-refractivity contribution in [3.63, 3.8) is 0 Å². The number of aryl methyl sites for hydroxylation is 1. The lowest BCUT2D eigenvalue weighted by Gasteiger charge is -2.22. The first-order valence-electron chi connectivity index (χ1n) is 8.08. The summed E-state index contributed by atoms with van der Waals surface area (Å²) < 4.78 is 12.8. The summed E-state index contributed by atoms with van der Waals surface area (Å²) in [6.07, 6.45) is 6.87. The molecule has 2 aromatic rings. The maximum Gasteiger partial charge on any atom is 0.256 e. The van der Waals surface area contributed by atoms with E-state index in [4.69, 9.17) is 9.26 Å². The van der Waals surface area contributed by atoms with Crippen LogP contribution in [0.4, 0.5) is 0 Å². The molecule has 0 aromatic carbocycles. The summed E-state index contributed by atoms with van der Waals surface area (Å²) in [6, 6.07) is 0. The first kappa shape index (κ1) is 14.4. The van der Waals surface area contributed by atoms with Crippen LogP contribution in [0.1, 0.15) is 46.3 Å². The third-order valence-corrected chi connectivity index (χ3v) is 4.45. The molecule has 122 valence electrons. The van der Waals surface area contributed by atoms with Crippen molar-refractivity contribution in [2.24, 2.45) is 5.92 Å². The minimum atomic E-state index is -0.197. The maximum absolute atomic E-state index is 12.1. The largest absolute Gasteiger partial charge is 0.370 e. The standard InChI is InChI=1S/C16H20N4O3/c1-10-13(6-18-23-10)16(21)17-7-14-15-12(4-5-22-14)9-20(19-15)8-11-2-3-11/h6,9,11,14H,2-5,7-8H2,1H3,(H,17,21). The molecule has 1 atom stereocenters. The molecule has 1 N–H and O–H groups in total. The minimum Gasteiger partial charge on any atom is -0.370 e. The Morgan fingerprint density at radius 2 is 2.35 bits per heavy atom. The fraction of sp³-hybridized carbons (Fsp3) is 0.562. The van der Waals surface area contributed by atoms with E-state index in [9.17, 15) is 4.79 Å². The number of carbonyl (C=O) groups is 1. The van der Waals surface area contributed by atoms with Crippen molar-refractivity contribution in [1.29, 1.82) is 0 Å². The molecule has 0 spiro atoms. The summed E-state index contributed by atoms with van der Waals surface area (Å²) in [4.78, 5) is 12.1. The van der Waals surface area contributed by atoms with Crippen LogP contribution in [0.5, 0.6) is 0 Å². The van der Waals surface area contributed by atoms with Crippen molar-refractivity contribution in [2.75, 3.05) is 13.2 Å². The fourth-order valence-corrected chi connectivity index (χ4v) is 2.94. The topological polar surface area (TPSA) is 82.2 Å². The van der Waals surface area contributed by atoms with Gasteiger partial charge in [-0.1, -0.05) is 5.16 Å². The second kappa shape index (κ2) is 5.81. The van der Waals surface area contributed by atoms with Crippen LogP contribution in [-0.2, 0) is 17.7 Å². The smallest absolute Gasteiger partial charge is 0.256 e. The first-order chi connectivity index (χ1) is 11.2. The van der Waals surface area contributed by atoms with Crippen molar-refractivity contribution < 1.29 is 14.1 Å². The van der Waals surface area contributed by atoms with Gasteiger partial charge < -0.3 is 14.6 Å². The molecular weight excluding hydrogens is 296 g/mol. The van der Waals surface area contributed by atoms with Gasteiger partial charge in [-0.05, 0) is 37.7 Å². The molecule has 1 unspecified atom stereocenters. The number of nitrogens with one attached hydrogen (secondary N) is 1. The van der Waals surface area contributed by atoms with Gasteiger partial charge in [0.25, 0.3) is 5.91 Å². The van der Waals surface area contributed by atoms with E-state index < -0.39 is 0 Å². The number of amides is 1. The lowest BCUT2D eigenvalue weighted by Crippen LogP contribution is -2.32. The van der Waals surface area contributed by atoms with Gasteiger partial charge in [-0.3, -0.25) is 9.48 Å². The van der Waals surface area contributed by atoms with Crippen LogP contribution in [0.2, 0.25) is 0 Å². The summed E-state index contributed by atoms with van der Waals surface area (Å²) in [5, 5.41) is 11.2. The summed E-state index contributed by atoms with van der Waals surface area (Å²) in [7, 11) is 0. The van der Waals surface area contributed by atoms with Crippen LogP contribution < -0.4 is 5.32 Å². The van der Waals surface area contributed by atoms with E-state index in [0.29, 0.717) is 24.5 Å². The Morgan fingerprint density at radius 1 is 1.48 bits per heavy atom. The van der Waals surface area contributed by atoms with Crippen molar-refractivity contribution in [3.05, 3.63) is 35.0 Å². The number of aromatic nitrogens is 3. The quantitative estimate of drug-likeness (QED) is 0.906. The third-order valence-electron chi connectivity index (χ3n) is 4.45. The highest BCUT2D eigenvalue weighted by Gasteiger charge is 2.28. The zero-order chi connectivity index (χ0) is 15.8. The molecule has 2 aliphatic rings. The number of rotatable bonds is 5. The van der Waals surface area contributed by atoms with Gasteiger partial charge >= 0.3 is 0 Å². The van der Waals surface area contributed by atoms with Crippen LogP contribution in [0.3, 0.4) is 0 Å². The van der Waals surface area contributed by atoms with Crippen LogP contribution in [0.25, 0.3) is 0 Å². The van der Waals surface area contributed by atoms with E-state index in [1.54, 1.807) is 6.92 Å². The Hall–Kier alpha value is -2.15. The van der Waals surface area contributed by atoms with Gasteiger partial charge in [-0.2, -0.15) is 5.10 Å². The van der Waals surface area contributed by atoms with Crippen LogP contribution in [0, 0.1) is 12.8 Å². The van der Waals surface area contributed by atoms with Gasteiger partial charge in [0, 0.05) is 19.3 Å². The van der Waals surface area contributed by atoms with Gasteiger partial charge in [-0.15, -0.1) is 0 Å². The predicted molar refractivity (Wildman–Crippen MR) is 80.9 cm³/mol. The Balaban J connectivity index is 1.43. The molecule has 1 fully saturated rings. The van der Waals surface area contributed by atoms with Crippen molar-refractivity contribution in [3.8, 4) is 0 Å². The van der Waals surface area contributed by atoms with Crippen LogP contribution in [-0.4, -0.2) is 34.0 Å². The summed E-state index contributed by atoms with van der Waals surface area (Å²) in [6.45, 7) is 3.77. The predicted octanol–water partition coefficient (Wildman–Crippen LogP) is 1.63.